The fraction of sp³-hybridized carbons (Fsp3) is 0.545. The molecule has 0 bridgehead atoms. The van der Waals surface area contributed by atoms with Gasteiger partial charge in [0.2, 0.25) is 5.88 Å². The highest BCUT2D eigenvalue weighted by molar-refractivity contribution is 6.42. The minimum Gasteiger partial charge on any atom is -0.474 e. The molecule has 0 saturated heterocycles. The summed E-state index contributed by atoms with van der Waals surface area (Å²) in [6.45, 7) is 6.70. The molecule has 1 aromatic rings. The van der Waals surface area contributed by atoms with Gasteiger partial charge < -0.3 is 9.47 Å². The number of hydrogen-bond donors (Lipinski definition) is 0. The molecule has 0 spiro atoms. The fourth-order valence-electron chi connectivity index (χ4n) is 1.02. The van der Waals surface area contributed by atoms with E-state index in [0.717, 1.165) is 0 Å². The summed E-state index contributed by atoms with van der Waals surface area (Å²) in [4.78, 5) is 3.93. The Balaban J connectivity index is 2.50. The molecule has 0 aliphatic carbocycles. The van der Waals surface area contributed by atoms with Gasteiger partial charge in [-0.25, -0.2) is 0 Å². The topological polar surface area (TPSA) is 31.4 Å². The lowest BCUT2D eigenvalue weighted by Crippen LogP contribution is -2.22. The SMILES string of the molecule is CC(C)(C)OCCOc1nc(Cl)c(Cl)cc1Cl. The molecule has 0 unspecified atom stereocenters. The van der Waals surface area contributed by atoms with E-state index in [1.165, 1.54) is 6.07 Å². The Morgan fingerprint density at radius 2 is 1.76 bits per heavy atom. The van der Waals surface area contributed by atoms with Crippen molar-refractivity contribution in [3.63, 3.8) is 0 Å². The van der Waals surface area contributed by atoms with Crippen LogP contribution in [0.15, 0.2) is 6.07 Å². The first-order valence-corrected chi connectivity index (χ1v) is 6.21. The quantitative estimate of drug-likeness (QED) is 0.615. The van der Waals surface area contributed by atoms with E-state index >= 15 is 0 Å². The van der Waals surface area contributed by atoms with Crippen LogP contribution in [0, 0.1) is 0 Å². The van der Waals surface area contributed by atoms with Crippen LogP contribution in [0.4, 0.5) is 0 Å². The van der Waals surface area contributed by atoms with Crippen LogP contribution in [0.25, 0.3) is 0 Å². The molecule has 3 nitrogen and oxygen atoms in total. The first-order valence-electron chi connectivity index (χ1n) is 5.08. The van der Waals surface area contributed by atoms with Crippen molar-refractivity contribution in [2.75, 3.05) is 13.2 Å². The first-order chi connectivity index (χ1) is 7.79. The summed E-state index contributed by atoms with van der Waals surface area (Å²) in [5.41, 5.74) is -0.196. The Bertz CT molecular complexity index is 391. The van der Waals surface area contributed by atoms with Gasteiger partial charge >= 0.3 is 0 Å². The zero-order chi connectivity index (χ0) is 13.1. The molecule has 0 atom stereocenters. The molecule has 0 radical (unpaired) electrons. The van der Waals surface area contributed by atoms with Gasteiger partial charge in [0.25, 0.3) is 0 Å². The van der Waals surface area contributed by atoms with Crippen LogP contribution in [-0.2, 0) is 4.74 Å². The lowest BCUT2D eigenvalue weighted by Gasteiger charge is -2.19. The average Bonchev–Trinajstić information content (AvgIpc) is 2.18. The standard InChI is InChI=1S/C11H14Cl3NO2/c1-11(2,3)17-5-4-16-10-8(13)6-7(12)9(14)15-10/h6H,4-5H2,1-3H3. The van der Waals surface area contributed by atoms with Gasteiger partial charge in [0.05, 0.1) is 17.2 Å². The third-order valence-corrected chi connectivity index (χ3v) is 2.66. The van der Waals surface area contributed by atoms with Crippen LogP contribution in [0.3, 0.4) is 0 Å². The molecule has 17 heavy (non-hydrogen) atoms. The van der Waals surface area contributed by atoms with Crippen LogP contribution in [-0.4, -0.2) is 23.8 Å². The van der Waals surface area contributed by atoms with Crippen LogP contribution in [0.1, 0.15) is 20.8 Å². The number of pyridine rings is 1. The number of hydrogen-bond acceptors (Lipinski definition) is 3. The fourth-order valence-corrected chi connectivity index (χ4v) is 1.56. The lowest BCUT2D eigenvalue weighted by molar-refractivity contribution is -0.0167. The minimum absolute atomic E-state index is 0.169. The molecule has 0 fully saturated rings. The first kappa shape index (κ1) is 14.8. The molecule has 0 aliphatic rings. The molecule has 0 N–H and O–H groups in total. The lowest BCUT2D eigenvalue weighted by atomic mass is 10.2. The van der Waals surface area contributed by atoms with Gasteiger partial charge in [-0.1, -0.05) is 34.8 Å². The van der Waals surface area contributed by atoms with E-state index in [-0.39, 0.29) is 16.6 Å². The monoisotopic (exact) mass is 297 g/mol. The Kier molecular flexibility index (Phi) is 5.32. The van der Waals surface area contributed by atoms with Crippen molar-refractivity contribution in [2.24, 2.45) is 0 Å². The Morgan fingerprint density at radius 3 is 2.35 bits per heavy atom. The molecular formula is C11H14Cl3NO2. The third-order valence-electron chi connectivity index (χ3n) is 1.71. The van der Waals surface area contributed by atoms with Crippen LogP contribution in [0.5, 0.6) is 5.88 Å². The maximum Gasteiger partial charge on any atom is 0.234 e. The van der Waals surface area contributed by atoms with Gasteiger partial charge in [-0.2, -0.15) is 4.98 Å². The van der Waals surface area contributed by atoms with Crippen LogP contribution < -0.4 is 4.74 Å². The van der Waals surface area contributed by atoms with E-state index in [1.54, 1.807) is 0 Å². The highest BCUT2D eigenvalue weighted by Gasteiger charge is 2.11. The second kappa shape index (κ2) is 6.10. The van der Waals surface area contributed by atoms with Crippen molar-refractivity contribution in [3.8, 4) is 5.88 Å². The third kappa shape index (κ3) is 5.30. The summed E-state index contributed by atoms with van der Waals surface area (Å²) < 4.78 is 10.8. The molecule has 0 saturated carbocycles. The molecule has 6 heteroatoms. The Labute approximate surface area is 116 Å². The molecule has 1 heterocycles. The van der Waals surface area contributed by atoms with Crippen molar-refractivity contribution >= 4 is 34.8 Å². The second-order valence-corrected chi connectivity index (χ2v) is 5.53. The van der Waals surface area contributed by atoms with Gasteiger partial charge in [-0.15, -0.1) is 0 Å². The van der Waals surface area contributed by atoms with Crippen molar-refractivity contribution in [3.05, 3.63) is 21.3 Å². The maximum absolute atomic E-state index is 5.90. The highest BCUT2D eigenvalue weighted by Crippen LogP contribution is 2.30. The van der Waals surface area contributed by atoms with E-state index in [2.05, 4.69) is 4.98 Å². The molecule has 1 rings (SSSR count). The number of aromatic nitrogens is 1. The van der Waals surface area contributed by atoms with Crippen molar-refractivity contribution in [2.45, 2.75) is 26.4 Å². The summed E-state index contributed by atoms with van der Waals surface area (Å²) in [5, 5.41) is 0.799. The van der Waals surface area contributed by atoms with E-state index < -0.39 is 0 Å². The van der Waals surface area contributed by atoms with E-state index in [0.29, 0.717) is 23.3 Å². The molecule has 96 valence electrons. The Hall–Kier alpha value is -0.220. The number of halogens is 3. The van der Waals surface area contributed by atoms with E-state index in [9.17, 15) is 0 Å². The molecule has 0 aromatic carbocycles. The Morgan fingerprint density at radius 1 is 1.12 bits per heavy atom. The second-order valence-electron chi connectivity index (χ2n) is 4.36. The van der Waals surface area contributed by atoms with Crippen molar-refractivity contribution in [1.29, 1.82) is 0 Å². The summed E-state index contributed by atoms with van der Waals surface area (Å²) in [5.74, 6) is 0.263. The summed E-state index contributed by atoms with van der Waals surface area (Å²) in [6, 6.07) is 1.50. The van der Waals surface area contributed by atoms with E-state index in [1.807, 2.05) is 20.8 Å². The van der Waals surface area contributed by atoms with Crippen LogP contribution in [0.2, 0.25) is 15.2 Å². The molecule has 0 amide bonds. The predicted octanol–water partition coefficient (Wildman–Crippen LogP) is 4.24. The molecular weight excluding hydrogens is 284 g/mol. The summed E-state index contributed by atoms with van der Waals surface area (Å²) in [7, 11) is 0. The van der Waals surface area contributed by atoms with Crippen molar-refractivity contribution in [1.82, 2.24) is 4.98 Å². The van der Waals surface area contributed by atoms with Gasteiger partial charge in [0.1, 0.15) is 11.6 Å². The number of nitrogens with zero attached hydrogens (tertiary/aromatic N) is 1. The van der Waals surface area contributed by atoms with Gasteiger partial charge in [0, 0.05) is 0 Å². The largest absolute Gasteiger partial charge is 0.474 e. The average molecular weight is 299 g/mol. The van der Waals surface area contributed by atoms with Gasteiger partial charge in [0.15, 0.2) is 5.15 Å². The predicted molar refractivity (Wildman–Crippen MR) is 70.5 cm³/mol. The number of rotatable bonds is 4. The zero-order valence-electron chi connectivity index (χ0n) is 9.89. The minimum atomic E-state index is -0.196. The van der Waals surface area contributed by atoms with Crippen LogP contribution >= 0.6 is 34.8 Å². The van der Waals surface area contributed by atoms with Crippen molar-refractivity contribution < 1.29 is 9.47 Å². The van der Waals surface area contributed by atoms with Gasteiger partial charge in [-0.3, -0.25) is 0 Å². The summed E-state index contributed by atoms with van der Waals surface area (Å²) in [6.07, 6.45) is 0. The van der Waals surface area contributed by atoms with E-state index in [4.69, 9.17) is 44.3 Å². The van der Waals surface area contributed by atoms with Gasteiger partial charge in [-0.05, 0) is 26.8 Å². The molecule has 1 aromatic heterocycles. The smallest absolute Gasteiger partial charge is 0.234 e. The molecule has 0 aliphatic heterocycles. The normalized spacial score (nSPS) is 11.6. The highest BCUT2D eigenvalue weighted by atomic mass is 35.5. The zero-order valence-corrected chi connectivity index (χ0v) is 12.2. The number of ether oxygens (including phenoxy) is 2. The summed E-state index contributed by atoms with van der Waals surface area (Å²) >= 11 is 17.4. The maximum atomic E-state index is 5.90.